The number of carbonyl (C=O) groups is 2. The van der Waals surface area contributed by atoms with Crippen molar-refractivity contribution in [1.82, 2.24) is 0 Å². The quantitative estimate of drug-likeness (QED) is 0.693. The number of ether oxygens (including phenoxy) is 1. The molecule has 5 nitrogen and oxygen atoms in total. The zero-order valence-corrected chi connectivity index (χ0v) is 16.8. The Morgan fingerprint density at radius 2 is 1.74 bits per heavy atom. The van der Waals surface area contributed by atoms with E-state index in [1.807, 2.05) is 12.1 Å². The largest absolute Gasteiger partial charge is 0.465 e. The summed E-state index contributed by atoms with van der Waals surface area (Å²) in [7, 11) is 1.30. The van der Waals surface area contributed by atoms with Crippen LogP contribution in [-0.4, -0.2) is 25.5 Å². The monoisotopic (exact) mass is 388 g/mol. The maximum atomic E-state index is 12.2. The molecule has 0 atom stereocenters. The molecule has 0 aliphatic rings. The lowest BCUT2D eigenvalue weighted by Crippen LogP contribution is -2.17. The summed E-state index contributed by atoms with van der Waals surface area (Å²) in [6.45, 7) is 6.98. The molecule has 2 aromatic rings. The van der Waals surface area contributed by atoms with E-state index in [1.54, 1.807) is 12.1 Å². The van der Waals surface area contributed by atoms with Gasteiger partial charge in [0.05, 0.1) is 23.4 Å². The molecule has 0 aromatic heterocycles. The first-order chi connectivity index (χ1) is 12.7. The van der Waals surface area contributed by atoms with Crippen molar-refractivity contribution < 1.29 is 14.3 Å². The Labute approximate surface area is 165 Å². The molecule has 0 aliphatic heterocycles. The van der Waals surface area contributed by atoms with Gasteiger partial charge in [-0.3, -0.25) is 4.79 Å². The van der Waals surface area contributed by atoms with Gasteiger partial charge in [0.2, 0.25) is 5.91 Å². The Kier molecular flexibility index (Phi) is 6.86. The van der Waals surface area contributed by atoms with E-state index in [1.165, 1.54) is 18.7 Å². The fourth-order valence-corrected chi connectivity index (χ4v) is 2.65. The predicted octanol–water partition coefficient (Wildman–Crippen LogP) is 4.86. The SMILES string of the molecule is COC(=O)c1ccc(Cl)c(NC(=O)CCNc2ccc(C(C)(C)C)cc2)c1. The van der Waals surface area contributed by atoms with Crippen molar-refractivity contribution in [2.75, 3.05) is 24.3 Å². The Bertz CT molecular complexity index is 811. The van der Waals surface area contributed by atoms with E-state index in [0.717, 1.165) is 5.69 Å². The fourth-order valence-electron chi connectivity index (χ4n) is 2.49. The van der Waals surface area contributed by atoms with Crippen molar-refractivity contribution in [2.45, 2.75) is 32.6 Å². The predicted molar refractivity (Wildman–Crippen MR) is 110 cm³/mol. The zero-order chi connectivity index (χ0) is 20.0. The van der Waals surface area contributed by atoms with Gasteiger partial charge in [0.25, 0.3) is 0 Å². The molecule has 1 amide bonds. The number of rotatable bonds is 6. The summed E-state index contributed by atoms with van der Waals surface area (Å²) in [5, 5.41) is 6.31. The molecule has 0 saturated heterocycles. The van der Waals surface area contributed by atoms with E-state index in [0.29, 0.717) is 22.8 Å². The number of esters is 1. The Morgan fingerprint density at radius 1 is 1.07 bits per heavy atom. The van der Waals surface area contributed by atoms with Gasteiger partial charge in [0, 0.05) is 18.7 Å². The Balaban J connectivity index is 1.89. The minimum absolute atomic E-state index is 0.108. The summed E-state index contributed by atoms with van der Waals surface area (Å²) in [4.78, 5) is 23.8. The first-order valence-corrected chi connectivity index (χ1v) is 9.10. The normalized spacial score (nSPS) is 11.0. The standard InChI is InChI=1S/C21H25ClN2O3/c1-21(2,3)15-6-8-16(9-7-15)23-12-11-19(25)24-18-13-14(20(26)27-4)5-10-17(18)22/h5-10,13,23H,11-12H2,1-4H3,(H,24,25). The molecule has 0 spiro atoms. The Hall–Kier alpha value is -2.53. The molecular formula is C21H25ClN2O3. The number of hydrogen-bond donors (Lipinski definition) is 2. The van der Waals surface area contributed by atoms with E-state index >= 15 is 0 Å². The molecule has 0 aliphatic carbocycles. The number of amides is 1. The summed E-state index contributed by atoms with van der Waals surface area (Å²) < 4.78 is 4.67. The Morgan fingerprint density at radius 3 is 2.33 bits per heavy atom. The highest BCUT2D eigenvalue weighted by molar-refractivity contribution is 6.33. The van der Waals surface area contributed by atoms with Gasteiger partial charge in [-0.25, -0.2) is 4.79 Å². The van der Waals surface area contributed by atoms with Crippen LogP contribution in [0.2, 0.25) is 5.02 Å². The highest BCUT2D eigenvalue weighted by Gasteiger charge is 2.13. The zero-order valence-electron chi connectivity index (χ0n) is 16.1. The summed E-state index contributed by atoms with van der Waals surface area (Å²) in [6, 6.07) is 12.8. The number of halogens is 1. The molecule has 2 aromatic carbocycles. The minimum atomic E-state index is -0.484. The molecule has 0 unspecified atom stereocenters. The third kappa shape index (κ3) is 6.00. The summed E-state index contributed by atoms with van der Waals surface area (Å²) in [6.07, 6.45) is 0.264. The van der Waals surface area contributed by atoms with Crippen LogP contribution < -0.4 is 10.6 Å². The summed E-state index contributed by atoms with van der Waals surface area (Å²) in [5.74, 6) is -0.680. The van der Waals surface area contributed by atoms with Gasteiger partial charge in [-0.05, 0) is 41.3 Å². The lowest BCUT2D eigenvalue weighted by molar-refractivity contribution is -0.115. The van der Waals surface area contributed by atoms with E-state index in [2.05, 4.69) is 48.3 Å². The molecule has 0 bridgehead atoms. The topological polar surface area (TPSA) is 67.4 Å². The second kappa shape index (κ2) is 8.91. The van der Waals surface area contributed by atoms with Gasteiger partial charge in [-0.15, -0.1) is 0 Å². The van der Waals surface area contributed by atoms with Gasteiger partial charge in [0.15, 0.2) is 0 Å². The molecule has 144 valence electrons. The number of hydrogen-bond acceptors (Lipinski definition) is 4. The highest BCUT2D eigenvalue weighted by Crippen LogP contribution is 2.24. The van der Waals surface area contributed by atoms with E-state index in [-0.39, 0.29) is 17.7 Å². The lowest BCUT2D eigenvalue weighted by atomic mass is 9.87. The van der Waals surface area contributed by atoms with Gasteiger partial charge >= 0.3 is 5.97 Å². The average molecular weight is 389 g/mol. The second-order valence-corrected chi connectivity index (χ2v) is 7.65. The number of anilines is 2. The summed E-state index contributed by atoms with van der Waals surface area (Å²) >= 11 is 6.09. The van der Waals surface area contributed by atoms with E-state index < -0.39 is 5.97 Å². The third-order valence-corrected chi connectivity index (χ3v) is 4.42. The van der Waals surface area contributed by atoms with Crippen molar-refractivity contribution >= 4 is 34.9 Å². The molecule has 2 N–H and O–H groups in total. The maximum absolute atomic E-state index is 12.2. The van der Waals surface area contributed by atoms with Crippen LogP contribution in [-0.2, 0) is 14.9 Å². The first kappa shape index (κ1) is 20.8. The van der Waals surface area contributed by atoms with Crippen LogP contribution in [0.25, 0.3) is 0 Å². The van der Waals surface area contributed by atoms with E-state index in [4.69, 9.17) is 11.6 Å². The third-order valence-electron chi connectivity index (χ3n) is 4.09. The van der Waals surface area contributed by atoms with Gasteiger partial charge in [-0.2, -0.15) is 0 Å². The van der Waals surface area contributed by atoms with Gasteiger partial charge in [0.1, 0.15) is 0 Å². The minimum Gasteiger partial charge on any atom is -0.465 e. The van der Waals surface area contributed by atoms with Crippen LogP contribution in [0.5, 0.6) is 0 Å². The molecule has 0 radical (unpaired) electrons. The van der Waals surface area contributed by atoms with Crippen molar-refractivity contribution in [3.8, 4) is 0 Å². The average Bonchev–Trinajstić information content (AvgIpc) is 2.62. The molecule has 6 heteroatoms. The smallest absolute Gasteiger partial charge is 0.337 e. The van der Waals surface area contributed by atoms with Gasteiger partial charge < -0.3 is 15.4 Å². The highest BCUT2D eigenvalue weighted by atomic mass is 35.5. The maximum Gasteiger partial charge on any atom is 0.337 e. The summed E-state index contributed by atoms with van der Waals surface area (Å²) in [5.41, 5.74) is 3.04. The van der Waals surface area contributed by atoms with Crippen molar-refractivity contribution in [1.29, 1.82) is 0 Å². The first-order valence-electron chi connectivity index (χ1n) is 8.73. The number of carbonyl (C=O) groups excluding carboxylic acids is 2. The van der Waals surface area contributed by atoms with Crippen LogP contribution in [0.3, 0.4) is 0 Å². The van der Waals surface area contributed by atoms with Crippen molar-refractivity contribution in [3.63, 3.8) is 0 Å². The van der Waals surface area contributed by atoms with Crippen LogP contribution in [0.1, 0.15) is 43.1 Å². The van der Waals surface area contributed by atoms with Crippen LogP contribution >= 0.6 is 11.6 Å². The van der Waals surface area contributed by atoms with Crippen LogP contribution in [0, 0.1) is 0 Å². The van der Waals surface area contributed by atoms with E-state index in [9.17, 15) is 9.59 Å². The molecule has 0 saturated carbocycles. The van der Waals surface area contributed by atoms with Crippen LogP contribution in [0.4, 0.5) is 11.4 Å². The fraction of sp³-hybridized carbons (Fsp3) is 0.333. The number of nitrogens with one attached hydrogen (secondary N) is 2. The number of methoxy groups -OCH3 is 1. The number of benzene rings is 2. The molecule has 0 fully saturated rings. The van der Waals surface area contributed by atoms with Crippen molar-refractivity contribution in [3.05, 3.63) is 58.6 Å². The second-order valence-electron chi connectivity index (χ2n) is 7.24. The molecular weight excluding hydrogens is 364 g/mol. The van der Waals surface area contributed by atoms with Gasteiger partial charge in [-0.1, -0.05) is 44.5 Å². The molecule has 27 heavy (non-hydrogen) atoms. The lowest BCUT2D eigenvalue weighted by Gasteiger charge is -2.19. The molecule has 0 heterocycles. The van der Waals surface area contributed by atoms with Crippen LogP contribution in [0.15, 0.2) is 42.5 Å². The molecule has 2 rings (SSSR count). The van der Waals surface area contributed by atoms with Crippen molar-refractivity contribution in [2.24, 2.45) is 0 Å².